The Labute approximate surface area is 182 Å². The summed E-state index contributed by atoms with van der Waals surface area (Å²) in [6, 6.07) is 0.910. The summed E-state index contributed by atoms with van der Waals surface area (Å²) in [5.41, 5.74) is -1.28. The summed E-state index contributed by atoms with van der Waals surface area (Å²) in [5, 5.41) is 35.2. The lowest BCUT2D eigenvalue weighted by Gasteiger charge is -2.30. The number of ether oxygens (including phenoxy) is 3. The molecular weight excluding hydrogens is 428 g/mol. The Balaban J connectivity index is 2.99. The fourth-order valence-electron chi connectivity index (χ4n) is 3.45. The standard InChI is InChI=1S/C20H22N2O10/c1-6-31-20(27)14-9(3)21-8(2)13(19(26)30-5)15(14)11-7-12(32-10(4)23)17(24)18(25)16(11)22(28)29/h7,15,21,24-25H,6H2,1-5H3. The minimum Gasteiger partial charge on any atom is -0.502 e. The largest absolute Gasteiger partial charge is 0.502 e. The van der Waals surface area contributed by atoms with Gasteiger partial charge in [-0.3, -0.25) is 14.9 Å². The number of nitrogens with zero attached hydrogens (tertiary/aromatic N) is 1. The molecule has 172 valence electrons. The molecule has 2 rings (SSSR count). The minimum absolute atomic E-state index is 0.0276. The summed E-state index contributed by atoms with van der Waals surface area (Å²) in [4.78, 5) is 47.7. The fourth-order valence-corrected chi connectivity index (χ4v) is 3.45. The molecule has 0 spiro atoms. The van der Waals surface area contributed by atoms with E-state index in [0.717, 1.165) is 20.1 Å². The van der Waals surface area contributed by atoms with Crippen LogP contribution in [0.1, 0.15) is 39.2 Å². The van der Waals surface area contributed by atoms with Gasteiger partial charge < -0.3 is 29.7 Å². The molecule has 12 heteroatoms. The zero-order valence-corrected chi connectivity index (χ0v) is 18.0. The number of carbonyl (C=O) groups excluding carboxylic acids is 3. The Kier molecular flexibility index (Phi) is 7.08. The highest BCUT2D eigenvalue weighted by atomic mass is 16.6. The van der Waals surface area contributed by atoms with E-state index in [4.69, 9.17) is 14.2 Å². The number of nitro groups is 1. The van der Waals surface area contributed by atoms with E-state index in [2.05, 4.69) is 5.32 Å². The lowest BCUT2D eigenvalue weighted by molar-refractivity contribution is -0.386. The number of dihydropyridines is 1. The van der Waals surface area contributed by atoms with Crippen molar-refractivity contribution in [2.45, 2.75) is 33.6 Å². The summed E-state index contributed by atoms with van der Waals surface area (Å²) in [6.45, 7) is 5.52. The van der Waals surface area contributed by atoms with Crippen LogP contribution in [-0.4, -0.2) is 46.8 Å². The van der Waals surface area contributed by atoms with E-state index in [0.29, 0.717) is 0 Å². The number of nitrogens with one attached hydrogen (secondary N) is 1. The van der Waals surface area contributed by atoms with Crippen LogP contribution in [0, 0.1) is 10.1 Å². The van der Waals surface area contributed by atoms with Crippen LogP contribution >= 0.6 is 0 Å². The SMILES string of the molecule is CCOC(=O)C1=C(C)NC(C)=C(C(=O)OC)C1c1cc(OC(C)=O)c(O)c(O)c1[N+](=O)[O-]. The lowest BCUT2D eigenvalue weighted by atomic mass is 9.79. The number of rotatable bonds is 6. The molecule has 1 unspecified atom stereocenters. The van der Waals surface area contributed by atoms with E-state index in [1.165, 1.54) is 13.8 Å². The van der Waals surface area contributed by atoms with Crippen molar-refractivity contribution >= 4 is 23.6 Å². The first-order chi connectivity index (χ1) is 15.0. The van der Waals surface area contributed by atoms with E-state index in [1.54, 1.807) is 6.92 Å². The van der Waals surface area contributed by atoms with E-state index in [-0.39, 0.29) is 29.1 Å². The number of carbonyl (C=O) groups is 3. The molecule has 0 saturated carbocycles. The minimum atomic E-state index is -1.45. The first-order valence-corrected chi connectivity index (χ1v) is 9.31. The van der Waals surface area contributed by atoms with Crippen molar-refractivity contribution in [1.29, 1.82) is 0 Å². The molecule has 0 aromatic heterocycles. The molecule has 0 bridgehead atoms. The summed E-state index contributed by atoms with van der Waals surface area (Å²) < 4.78 is 14.7. The van der Waals surface area contributed by atoms with Gasteiger partial charge in [0.25, 0.3) is 0 Å². The maximum absolute atomic E-state index is 12.8. The van der Waals surface area contributed by atoms with Gasteiger partial charge in [0.15, 0.2) is 5.75 Å². The number of hydrogen-bond acceptors (Lipinski definition) is 11. The van der Waals surface area contributed by atoms with Crippen molar-refractivity contribution in [3.8, 4) is 17.2 Å². The van der Waals surface area contributed by atoms with Crippen LogP contribution in [0.4, 0.5) is 5.69 Å². The molecule has 1 heterocycles. The summed E-state index contributed by atoms with van der Waals surface area (Å²) in [7, 11) is 1.09. The van der Waals surface area contributed by atoms with Crippen LogP contribution in [0.5, 0.6) is 17.2 Å². The van der Waals surface area contributed by atoms with Crippen LogP contribution in [0.3, 0.4) is 0 Å². The zero-order valence-electron chi connectivity index (χ0n) is 18.0. The molecule has 1 aliphatic heterocycles. The van der Waals surface area contributed by atoms with E-state index >= 15 is 0 Å². The molecule has 3 N–H and O–H groups in total. The van der Waals surface area contributed by atoms with Gasteiger partial charge >= 0.3 is 23.6 Å². The van der Waals surface area contributed by atoms with Crippen LogP contribution in [-0.2, 0) is 23.9 Å². The van der Waals surface area contributed by atoms with Crippen molar-refractivity contribution in [3.63, 3.8) is 0 Å². The zero-order chi connectivity index (χ0) is 24.3. The van der Waals surface area contributed by atoms with E-state index in [1.807, 2.05) is 0 Å². The van der Waals surface area contributed by atoms with Crippen LogP contribution in [0.25, 0.3) is 0 Å². The Hall–Kier alpha value is -4.09. The molecule has 1 atom stereocenters. The van der Waals surface area contributed by atoms with Crippen molar-refractivity contribution in [1.82, 2.24) is 5.32 Å². The molecule has 0 amide bonds. The summed E-state index contributed by atoms with van der Waals surface area (Å²) in [6.07, 6.45) is 0. The number of methoxy groups -OCH3 is 1. The van der Waals surface area contributed by atoms with Crippen molar-refractivity contribution in [2.75, 3.05) is 13.7 Å². The van der Waals surface area contributed by atoms with E-state index < -0.39 is 57.2 Å². The third kappa shape index (κ3) is 4.33. The molecule has 1 aromatic carbocycles. The predicted octanol–water partition coefficient (Wildman–Crippen LogP) is 1.90. The van der Waals surface area contributed by atoms with Crippen molar-refractivity contribution in [3.05, 3.63) is 44.3 Å². The topological polar surface area (TPSA) is 175 Å². The molecule has 0 aliphatic carbocycles. The quantitative estimate of drug-likeness (QED) is 0.190. The maximum atomic E-state index is 12.8. The van der Waals surface area contributed by atoms with Gasteiger partial charge in [-0.25, -0.2) is 9.59 Å². The number of phenolic OH excluding ortho intramolecular Hbond substituents is 2. The maximum Gasteiger partial charge on any atom is 0.336 e. The number of phenols is 2. The second kappa shape index (κ2) is 9.37. The average molecular weight is 450 g/mol. The molecule has 0 fully saturated rings. The number of benzene rings is 1. The Morgan fingerprint density at radius 1 is 1.12 bits per heavy atom. The number of nitro benzene ring substituents is 1. The molecule has 0 radical (unpaired) electrons. The van der Waals surface area contributed by atoms with Crippen molar-refractivity contribution in [2.24, 2.45) is 0 Å². The predicted molar refractivity (Wildman–Crippen MR) is 108 cm³/mol. The first kappa shape index (κ1) is 24.2. The van der Waals surface area contributed by atoms with Gasteiger partial charge in [-0.15, -0.1) is 0 Å². The Bertz CT molecular complexity index is 1070. The molecule has 1 aliphatic rings. The normalized spacial score (nSPS) is 15.7. The number of esters is 3. The molecule has 0 saturated heterocycles. The first-order valence-electron chi connectivity index (χ1n) is 9.31. The second-order valence-electron chi connectivity index (χ2n) is 6.71. The third-order valence-corrected chi connectivity index (χ3v) is 4.65. The highest BCUT2D eigenvalue weighted by molar-refractivity contribution is 6.00. The lowest BCUT2D eigenvalue weighted by Crippen LogP contribution is -2.32. The van der Waals surface area contributed by atoms with Gasteiger partial charge in [-0.05, 0) is 26.8 Å². The second-order valence-corrected chi connectivity index (χ2v) is 6.71. The number of aromatic hydroxyl groups is 2. The smallest absolute Gasteiger partial charge is 0.336 e. The fraction of sp³-hybridized carbons (Fsp3) is 0.350. The Morgan fingerprint density at radius 3 is 2.16 bits per heavy atom. The number of allylic oxidation sites excluding steroid dienone is 2. The number of hydrogen-bond donors (Lipinski definition) is 3. The van der Waals surface area contributed by atoms with Crippen molar-refractivity contribution < 1.29 is 43.7 Å². The highest BCUT2D eigenvalue weighted by Crippen LogP contribution is 2.51. The average Bonchev–Trinajstić information content (AvgIpc) is 2.69. The van der Waals surface area contributed by atoms with Gasteiger partial charge in [0.2, 0.25) is 11.5 Å². The molecule has 12 nitrogen and oxygen atoms in total. The van der Waals surface area contributed by atoms with Crippen LogP contribution in [0.2, 0.25) is 0 Å². The third-order valence-electron chi connectivity index (χ3n) is 4.65. The molecular formula is C20H22N2O10. The van der Waals surface area contributed by atoms with Crippen LogP contribution in [0.15, 0.2) is 28.6 Å². The molecule has 32 heavy (non-hydrogen) atoms. The van der Waals surface area contributed by atoms with Gasteiger partial charge in [0.1, 0.15) is 0 Å². The van der Waals surface area contributed by atoms with Gasteiger partial charge in [-0.1, -0.05) is 0 Å². The Morgan fingerprint density at radius 2 is 1.69 bits per heavy atom. The van der Waals surface area contributed by atoms with Gasteiger partial charge in [0, 0.05) is 18.3 Å². The van der Waals surface area contributed by atoms with Gasteiger partial charge in [0.05, 0.1) is 41.3 Å². The monoisotopic (exact) mass is 450 g/mol. The van der Waals surface area contributed by atoms with Gasteiger partial charge in [-0.2, -0.15) is 0 Å². The highest BCUT2D eigenvalue weighted by Gasteiger charge is 2.43. The summed E-state index contributed by atoms with van der Waals surface area (Å²) in [5.74, 6) is -6.99. The molecule has 1 aromatic rings. The summed E-state index contributed by atoms with van der Waals surface area (Å²) >= 11 is 0. The van der Waals surface area contributed by atoms with Crippen LogP contribution < -0.4 is 10.1 Å². The van der Waals surface area contributed by atoms with E-state index in [9.17, 15) is 34.7 Å².